The van der Waals surface area contributed by atoms with Gasteiger partial charge in [0.25, 0.3) is 0 Å². The van der Waals surface area contributed by atoms with E-state index in [1.165, 1.54) is 33.4 Å². The summed E-state index contributed by atoms with van der Waals surface area (Å²) < 4.78 is 2.27. The second-order valence-corrected chi connectivity index (χ2v) is 14.8. The summed E-state index contributed by atoms with van der Waals surface area (Å²) in [6.45, 7) is 8.68. The number of fused-ring (bicyclic) bond motifs is 6. The molecule has 10 rings (SSSR count). The summed E-state index contributed by atoms with van der Waals surface area (Å²) >= 11 is 0. The highest BCUT2D eigenvalue weighted by atomic mass is 16.3. The van der Waals surface area contributed by atoms with Gasteiger partial charge >= 0.3 is 0 Å². The number of hydrogen-bond donors (Lipinski definition) is 1. The molecule has 1 aromatic heterocycles. The molecule has 1 aliphatic rings. The van der Waals surface area contributed by atoms with Crippen molar-refractivity contribution in [1.82, 2.24) is 4.57 Å². The fourth-order valence-corrected chi connectivity index (χ4v) is 8.56. The SMILES string of the molecule is CC.CC1(C)c2ccccc2-c2ccc(N(c3ccc(-c4ccccc4)cc3)c3ccc(-c4ccc5c(c4)c4cc(O)ccc4n5-c4ccccc4)cc3)cc21. The van der Waals surface area contributed by atoms with Crippen molar-refractivity contribution in [2.24, 2.45) is 0 Å². The quantitative estimate of drug-likeness (QED) is 0.185. The highest BCUT2D eigenvalue weighted by molar-refractivity contribution is 6.11. The average molecular weight is 725 g/mol. The molecule has 56 heavy (non-hydrogen) atoms. The van der Waals surface area contributed by atoms with Crippen molar-refractivity contribution < 1.29 is 5.11 Å². The molecule has 0 spiro atoms. The molecule has 0 amide bonds. The first kappa shape index (κ1) is 34.9. The van der Waals surface area contributed by atoms with Crippen molar-refractivity contribution in [2.45, 2.75) is 33.1 Å². The molecule has 0 fully saturated rings. The first-order valence-electron chi connectivity index (χ1n) is 19.6. The second kappa shape index (κ2) is 14.1. The highest BCUT2D eigenvalue weighted by Gasteiger charge is 2.35. The molecule has 8 aromatic carbocycles. The summed E-state index contributed by atoms with van der Waals surface area (Å²) in [5.74, 6) is 0.264. The smallest absolute Gasteiger partial charge is 0.116 e. The predicted octanol–water partition coefficient (Wildman–Crippen LogP) is 14.6. The fourth-order valence-electron chi connectivity index (χ4n) is 8.56. The number of aromatic hydroxyl groups is 1. The van der Waals surface area contributed by atoms with E-state index in [0.717, 1.165) is 55.7 Å². The van der Waals surface area contributed by atoms with Crippen LogP contribution < -0.4 is 4.90 Å². The van der Waals surface area contributed by atoms with E-state index in [1.807, 2.05) is 32.0 Å². The number of nitrogens with zero attached hydrogens (tertiary/aromatic N) is 2. The Balaban J connectivity index is 0.00000202. The number of hydrogen-bond acceptors (Lipinski definition) is 2. The molecule has 3 heteroatoms. The zero-order valence-electron chi connectivity index (χ0n) is 32.2. The normalized spacial score (nSPS) is 12.5. The summed E-state index contributed by atoms with van der Waals surface area (Å²) in [5.41, 5.74) is 16.5. The van der Waals surface area contributed by atoms with Gasteiger partial charge < -0.3 is 14.6 Å². The summed E-state index contributed by atoms with van der Waals surface area (Å²) in [4.78, 5) is 2.37. The molecule has 0 unspecified atom stereocenters. The molecular weight excluding hydrogens is 681 g/mol. The molecule has 0 bridgehead atoms. The molecule has 1 heterocycles. The summed E-state index contributed by atoms with van der Waals surface area (Å²) in [6, 6.07) is 66.9. The van der Waals surface area contributed by atoms with Crippen molar-refractivity contribution >= 4 is 38.9 Å². The van der Waals surface area contributed by atoms with Crippen LogP contribution in [0.4, 0.5) is 17.1 Å². The van der Waals surface area contributed by atoms with E-state index in [2.05, 4.69) is 187 Å². The fraction of sp³-hybridized carbons (Fsp3) is 0.0943. The van der Waals surface area contributed by atoms with Crippen molar-refractivity contribution in [2.75, 3.05) is 4.90 Å². The van der Waals surface area contributed by atoms with E-state index in [-0.39, 0.29) is 11.2 Å². The Kier molecular flexibility index (Phi) is 8.79. The topological polar surface area (TPSA) is 28.4 Å². The molecule has 3 nitrogen and oxygen atoms in total. The molecule has 0 saturated carbocycles. The van der Waals surface area contributed by atoms with Crippen LogP contribution >= 0.6 is 0 Å². The Morgan fingerprint density at radius 2 is 0.929 bits per heavy atom. The molecule has 9 aromatic rings. The van der Waals surface area contributed by atoms with Crippen LogP contribution in [0.2, 0.25) is 0 Å². The minimum atomic E-state index is -0.103. The van der Waals surface area contributed by atoms with Crippen LogP contribution in [-0.4, -0.2) is 9.67 Å². The molecule has 0 radical (unpaired) electrons. The van der Waals surface area contributed by atoms with Crippen LogP contribution in [0.3, 0.4) is 0 Å². The lowest BCUT2D eigenvalue weighted by Gasteiger charge is -2.28. The van der Waals surface area contributed by atoms with E-state index in [4.69, 9.17) is 0 Å². The monoisotopic (exact) mass is 724 g/mol. The number of phenols is 1. The minimum absolute atomic E-state index is 0.103. The lowest BCUT2D eigenvalue weighted by atomic mass is 9.82. The Hall–Kier alpha value is -6.84. The van der Waals surface area contributed by atoms with E-state index < -0.39 is 0 Å². The molecule has 0 aliphatic heterocycles. The van der Waals surface area contributed by atoms with E-state index in [1.54, 1.807) is 6.07 Å². The van der Waals surface area contributed by atoms with E-state index in [9.17, 15) is 5.11 Å². The molecular formula is C53H44N2O. The number of phenolic OH excluding ortho intramolecular Hbond substituents is 1. The Morgan fingerprint density at radius 3 is 1.61 bits per heavy atom. The van der Waals surface area contributed by atoms with Crippen molar-refractivity contribution in [3.63, 3.8) is 0 Å². The third-order valence-electron chi connectivity index (χ3n) is 11.3. The van der Waals surface area contributed by atoms with Gasteiger partial charge in [0.2, 0.25) is 0 Å². The van der Waals surface area contributed by atoms with Crippen LogP contribution in [0.5, 0.6) is 5.75 Å². The van der Waals surface area contributed by atoms with Gasteiger partial charge in [0.05, 0.1) is 11.0 Å². The molecule has 272 valence electrons. The first-order valence-corrected chi connectivity index (χ1v) is 19.6. The van der Waals surface area contributed by atoms with Gasteiger partial charge in [-0.05, 0) is 123 Å². The Morgan fingerprint density at radius 1 is 0.429 bits per heavy atom. The van der Waals surface area contributed by atoms with Gasteiger partial charge in [-0.2, -0.15) is 0 Å². The number of rotatable bonds is 6. The molecule has 0 saturated heterocycles. The lowest BCUT2D eigenvalue weighted by Crippen LogP contribution is -2.16. The van der Waals surface area contributed by atoms with Crippen molar-refractivity contribution in [3.05, 3.63) is 199 Å². The minimum Gasteiger partial charge on any atom is -0.508 e. The van der Waals surface area contributed by atoms with Gasteiger partial charge in [-0.3, -0.25) is 0 Å². The van der Waals surface area contributed by atoms with Crippen molar-refractivity contribution in [1.29, 1.82) is 0 Å². The number of benzene rings is 8. The van der Waals surface area contributed by atoms with Crippen LogP contribution in [-0.2, 0) is 5.41 Å². The number of para-hydroxylation sites is 1. The zero-order valence-corrected chi connectivity index (χ0v) is 32.2. The summed E-state index contributed by atoms with van der Waals surface area (Å²) in [7, 11) is 0. The Labute approximate surface area is 329 Å². The number of aromatic nitrogens is 1. The first-order chi connectivity index (χ1) is 27.4. The molecule has 1 aliphatic carbocycles. The number of anilines is 3. The third kappa shape index (κ3) is 5.84. The maximum absolute atomic E-state index is 10.5. The van der Waals surface area contributed by atoms with Gasteiger partial charge in [0.1, 0.15) is 5.75 Å². The van der Waals surface area contributed by atoms with Crippen LogP contribution in [0.25, 0.3) is 60.9 Å². The predicted molar refractivity (Wildman–Crippen MR) is 237 cm³/mol. The van der Waals surface area contributed by atoms with Gasteiger partial charge in [0, 0.05) is 38.9 Å². The summed E-state index contributed by atoms with van der Waals surface area (Å²) in [5, 5.41) is 12.6. The van der Waals surface area contributed by atoms with Gasteiger partial charge in [0.15, 0.2) is 0 Å². The van der Waals surface area contributed by atoms with Gasteiger partial charge in [-0.15, -0.1) is 0 Å². The van der Waals surface area contributed by atoms with Gasteiger partial charge in [-0.1, -0.05) is 137 Å². The average Bonchev–Trinajstić information content (AvgIpc) is 3.70. The van der Waals surface area contributed by atoms with Gasteiger partial charge in [-0.25, -0.2) is 0 Å². The second-order valence-electron chi connectivity index (χ2n) is 14.8. The molecule has 0 atom stereocenters. The summed E-state index contributed by atoms with van der Waals surface area (Å²) in [6.07, 6.45) is 0. The lowest BCUT2D eigenvalue weighted by molar-refractivity contribution is 0.476. The van der Waals surface area contributed by atoms with E-state index in [0.29, 0.717) is 0 Å². The van der Waals surface area contributed by atoms with Crippen molar-refractivity contribution in [3.8, 4) is 44.8 Å². The zero-order chi connectivity index (χ0) is 38.4. The standard InChI is InChI=1S/C51H38N2O.C2H6/c1-51(2)47-16-10-9-15-43(47)44-28-26-41(32-48(44)51)52(39-22-17-35(18-23-39)34-11-5-3-6-12-34)40-24-19-36(20-25-40)37-21-29-49-45(31-37)46-33-42(54)27-30-50(46)53(49)38-13-7-4-8-14-38;1-2/h3-33,54H,1-2H3;1-2H3. The van der Waals surface area contributed by atoms with Crippen LogP contribution in [0, 0.1) is 0 Å². The largest absolute Gasteiger partial charge is 0.508 e. The van der Waals surface area contributed by atoms with Crippen LogP contribution in [0.15, 0.2) is 188 Å². The maximum Gasteiger partial charge on any atom is 0.116 e. The highest BCUT2D eigenvalue weighted by Crippen LogP contribution is 2.50. The third-order valence-corrected chi connectivity index (χ3v) is 11.3. The van der Waals surface area contributed by atoms with Crippen LogP contribution in [0.1, 0.15) is 38.8 Å². The van der Waals surface area contributed by atoms with E-state index >= 15 is 0 Å². The maximum atomic E-state index is 10.5. The molecule has 1 N–H and O–H groups in total. The Bertz CT molecular complexity index is 2830.